The molecule has 1 aliphatic carbocycles. The monoisotopic (exact) mass is 207 g/mol. The maximum absolute atomic E-state index is 11.4. The van der Waals surface area contributed by atoms with Crippen molar-refractivity contribution in [1.29, 1.82) is 0 Å². The maximum Gasteiger partial charge on any atom is 0.222 e. The van der Waals surface area contributed by atoms with E-state index in [0.717, 1.165) is 24.2 Å². The van der Waals surface area contributed by atoms with Gasteiger partial charge in [-0.3, -0.25) is 9.48 Å². The van der Waals surface area contributed by atoms with Gasteiger partial charge in [0.05, 0.1) is 5.69 Å². The Hall–Kier alpha value is -1.32. The first-order chi connectivity index (χ1) is 7.15. The Labute approximate surface area is 89.7 Å². The van der Waals surface area contributed by atoms with Crippen LogP contribution in [0.5, 0.6) is 0 Å². The Morgan fingerprint density at radius 2 is 2.33 bits per heavy atom. The molecule has 0 atom stereocenters. The third-order valence-electron chi connectivity index (χ3n) is 2.60. The van der Waals surface area contributed by atoms with Crippen molar-refractivity contribution in [3.63, 3.8) is 0 Å². The molecule has 1 saturated carbocycles. The van der Waals surface area contributed by atoms with E-state index in [1.807, 2.05) is 24.6 Å². The van der Waals surface area contributed by atoms with Crippen LogP contribution in [0.25, 0.3) is 0 Å². The molecule has 15 heavy (non-hydrogen) atoms. The highest BCUT2D eigenvalue weighted by molar-refractivity contribution is 5.76. The van der Waals surface area contributed by atoms with Gasteiger partial charge in [-0.15, -0.1) is 0 Å². The number of aryl methyl sites for hydroxylation is 3. The number of nitrogens with zero attached hydrogens (tertiary/aromatic N) is 2. The lowest BCUT2D eigenvalue weighted by atomic mass is 10.3. The van der Waals surface area contributed by atoms with Crippen LogP contribution in [-0.4, -0.2) is 21.7 Å². The summed E-state index contributed by atoms with van der Waals surface area (Å²) >= 11 is 0. The third-order valence-corrected chi connectivity index (χ3v) is 2.60. The SMILES string of the molecule is Cc1cc(C)n(CCC(=O)NC2CC2)n1. The summed E-state index contributed by atoms with van der Waals surface area (Å²) in [4.78, 5) is 11.4. The second-order valence-corrected chi connectivity index (χ2v) is 4.24. The first-order valence-electron chi connectivity index (χ1n) is 5.45. The number of hydrogen-bond donors (Lipinski definition) is 1. The Morgan fingerprint density at radius 3 is 2.87 bits per heavy atom. The standard InChI is InChI=1S/C11H17N3O/c1-8-7-9(2)14(13-8)6-5-11(15)12-10-3-4-10/h7,10H,3-6H2,1-2H3,(H,12,15). The zero-order valence-electron chi connectivity index (χ0n) is 9.29. The minimum absolute atomic E-state index is 0.144. The number of hydrogen-bond acceptors (Lipinski definition) is 2. The predicted octanol–water partition coefficient (Wildman–Crippen LogP) is 1.17. The Balaban J connectivity index is 1.81. The first kappa shape index (κ1) is 10.2. The fraction of sp³-hybridized carbons (Fsp3) is 0.636. The van der Waals surface area contributed by atoms with Crippen LogP contribution in [0.3, 0.4) is 0 Å². The van der Waals surface area contributed by atoms with Gasteiger partial charge in [0.2, 0.25) is 5.91 Å². The summed E-state index contributed by atoms with van der Waals surface area (Å²) in [6, 6.07) is 2.48. The molecule has 1 aromatic heterocycles. The lowest BCUT2D eigenvalue weighted by Gasteiger charge is -2.05. The Kier molecular flexibility index (Phi) is 2.75. The van der Waals surface area contributed by atoms with Crippen LogP contribution < -0.4 is 5.32 Å². The zero-order chi connectivity index (χ0) is 10.8. The minimum Gasteiger partial charge on any atom is -0.353 e. The van der Waals surface area contributed by atoms with E-state index in [-0.39, 0.29) is 5.91 Å². The quantitative estimate of drug-likeness (QED) is 0.805. The van der Waals surface area contributed by atoms with Gasteiger partial charge in [0, 0.05) is 24.7 Å². The van der Waals surface area contributed by atoms with Gasteiger partial charge in [0.15, 0.2) is 0 Å². The van der Waals surface area contributed by atoms with Gasteiger partial charge in [-0.05, 0) is 32.8 Å². The maximum atomic E-state index is 11.4. The molecule has 1 amide bonds. The summed E-state index contributed by atoms with van der Waals surface area (Å²) < 4.78 is 1.89. The normalized spacial score (nSPS) is 15.3. The third kappa shape index (κ3) is 2.81. The molecule has 1 aromatic rings. The fourth-order valence-corrected chi connectivity index (χ4v) is 1.64. The molecule has 0 radical (unpaired) electrons. The largest absolute Gasteiger partial charge is 0.353 e. The number of amides is 1. The van der Waals surface area contributed by atoms with Gasteiger partial charge in [0.1, 0.15) is 0 Å². The minimum atomic E-state index is 0.144. The van der Waals surface area contributed by atoms with E-state index in [1.165, 1.54) is 0 Å². The summed E-state index contributed by atoms with van der Waals surface area (Å²) in [6.45, 7) is 4.66. The summed E-state index contributed by atoms with van der Waals surface area (Å²) in [6.07, 6.45) is 2.82. The zero-order valence-corrected chi connectivity index (χ0v) is 9.29. The fourth-order valence-electron chi connectivity index (χ4n) is 1.64. The van der Waals surface area contributed by atoms with Gasteiger partial charge in [-0.1, -0.05) is 0 Å². The van der Waals surface area contributed by atoms with Crippen LogP contribution in [-0.2, 0) is 11.3 Å². The van der Waals surface area contributed by atoms with Crippen LogP contribution in [0.15, 0.2) is 6.07 Å². The van der Waals surface area contributed by atoms with Crippen molar-refractivity contribution in [3.8, 4) is 0 Å². The van der Waals surface area contributed by atoms with Gasteiger partial charge < -0.3 is 5.32 Å². The molecule has 1 N–H and O–H groups in total. The van der Waals surface area contributed by atoms with Crippen LogP contribution in [0, 0.1) is 13.8 Å². The molecule has 2 rings (SSSR count). The van der Waals surface area contributed by atoms with Crippen molar-refractivity contribution in [1.82, 2.24) is 15.1 Å². The molecule has 4 heteroatoms. The molecule has 0 saturated heterocycles. The van der Waals surface area contributed by atoms with E-state index in [2.05, 4.69) is 10.4 Å². The van der Waals surface area contributed by atoms with E-state index in [1.54, 1.807) is 0 Å². The average molecular weight is 207 g/mol. The number of carbonyl (C=O) groups excluding carboxylic acids is 1. The van der Waals surface area contributed by atoms with Crippen molar-refractivity contribution < 1.29 is 4.79 Å². The van der Waals surface area contributed by atoms with Gasteiger partial charge in [-0.2, -0.15) is 5.10 Å². The molecule has 82 valence electrons. The highest BCUT2D eigenvalue weighted by Crippen LogP contribution is 2.18. The molecular formula is C11H17N3O. The summed E-state index contributed by atoms with van der Waals surface area (Å²) in [7, 11) is 0. The van der Waals surface area contributed by atoms with E-state index >= 15 is 0 Å². The molecular weight excluding hydrogens is 190 g/mol. The number of rotatable bonds is 4. The number of nitrogens with one attached hydrogen (secondary N) is 1. The summed E-state index contributed by atoms with van der Waals surface area (Å²) in [5, 5.41) is 7.28. The smallest absolute Gasteiger partial charge is 0.222 e. The molecule has 0 unspecified atom stereocenters. The van der Waals surface area contributed by atoms with Crippen LogP contribution in [0.4, 0.5) is 0 Å². The van der Waals surface area contributed by atoms with Crippen LogP contribution in [0.1, 0.15) is 30.7 Å². The van der Waals surface area contributed by atoms with Crippen molar-refractivity contribution in [2.75, 3.05) is 0 Å². The average Bonchev–Trinajstić information content (AvgIpc) is 2.89. The summed E-state index contributed by atoms with van der Waals surface area (Å²) in [5.41, 5.74) is 2.13. The van der Waals surface area contributed by atoms with Gasteiger partial charge in [-0.25, -0.2) is 0 Å². The van der Waals surface area contributed by atoms with Crippen LogP contribution in [0.2, 0.25) is 0 Å². The molecule has 1 aliphatic rings. The van der Waals surface area contributed by atoms with Crippen LogP contribution >= 0.6 is 0 Å². The van der Waals surface area contributed by atoms with Crippen molar-refractivity contribution in [3.05, 3.63) is 17.5 Å². The molecule has 1 fully saturated rings. The lowest BCUT2D eigenvalue weighted by Crippen LogP contribution is -2.26. The van der Waals surface area contributed by atoms with Gasteiger partial charge >= 0.3 is 0 Å². The number of carbonyl (C=O) groups is 1. The van der Waals surface area contributed by atoms with E-state index in [4.69, 9.17) is 0 Å². The molecule has 0 aliphatic heterocycles. The van der Waals surface area contributed by atoms with Gasteiger partial charge in [0.25, 0.3) is 0 Å². The van der Waals surface area contributed by atoms with Crippen molar-refractivity contribution in [2.24, 2.45) is 0 Å². The molecule has 1 heterocycles. The van der Waals surface area contributed by atoms with Crippen molar-refractivity contribution >= 4 is 5.91 Å². The highest BCUT2D eigenvalue weighted by Gasteiger charge is 2.22. The van der Waals surface area contributed by atoms with Crippen molar-refractivity contribution in [2.45, 2.75) is 45.7 Å². The topological polar surface area (TPSA) is 46.9 Å². The first-order valence-corrected chi connectivity index (χ1v) is 5.45. The Morgan fingerprint density at radius 1 is 1.60 bits per heavy atom. The lowest BCUT2D eigenvalue weighted by molar-refractivity contribution is -0.121. The number of aromatic nitrogens is 2. The molecule has 0 bridgehead atoms. The highest BCUT2D eigenvalue weighted by atomic mass is 16.1. The van der Waals surface area contributed by atoms with E-state index < -0.39 is 0 Å². The molecule has 0 spiro atoms. The second kappa shape index (κ2) is 4.04. The molecule has 4 nitrogen and oxygen atoms in total. The second-order valence-electron chi connectivity index (χ2n) is 4.24. The summed E-state index contributed by atoms with van der Waals surface area (Å²) in [5.74, 6) is 0.144. The Bertz CT molecular complexity index is 366. The molecule has 0 aromatic carbocycles. The van der Waals surface area contributed by atoms with E-state index in [9.17, 15) is 4.79 Å². The van der Waals surface area contributed by atoms with E-state index in [0.29, 0.717) is 19.0 Å². The predicted molar refractivity (Wildman–Crippen MR) is 57.5 cm³/mol.